The first-order valence-electron chi connectivity index (χ1n) is 4.74. The van der Waals surface area contributed by atoms with Gasteiger partial charge in [0.05, 0.1) is 13.3 Å². The Kier molecular flexibility index (Phi) is 2.82. The van der Waals surface area contributed by atoms with Crippen LogP contribution in [-0.2, 0) is 16.0 Å². The van der Waals surface area contributed by atoms with Crippen LogP contribution in [0.15, 0.2) is 24.8 Å². The van der Waals surface area contributed by atoms with Crippen LogP contribution in [0.1, 0.15) is 5.69 Å². The number of aliphatic hydroxyl groups is 1. The number of carbonyl (C=O) groups excluding carboxylic acids is 1. The lowest BCUT2D eigenvalue weighted by Gasteiger charge is -2.07. The molecule has 2 rings (SSSR count). The second-order valence-electron chi connectivity index (χ2n) is 3.30. The van der Waals surface area contributed by atoms with Crippen LogP contribution in [-0.4, -0.2) is 38.7 Å². The van der Waals surface area contributed by atoms with Crippen molar-refractivity contribution in [1.82, 2.24) is 14.4 Å². The van der Waals surface area contributed by atoms with Crippen molar-refractivity contribution in [2.75, 3.05) is 7.11 Å². The number of esters is 1. The molecular formula is C10H11N3O3. The minimum absolute atomic E-state index is 0.165. The molecule has 2 aromatic rings. The molecule has 0 fully saturated rings. The van der Waals surface area contributed by atoms with Crippen molar-refractivity contribution in [2.45, 2.75) is 12.5 Å². The van der Waals surface area contributed by atoms with E-state index in [1.807, 2.05) is 0 Å². The summed E-state index contributed by atoms with van der Waals surface area (Å²) in [4.78, 5) is 19.1. The summed E-state index contributed by atoms with van der Waals surface area (Å²) in [5.41, 5.74) is 1.41. The van der Waals surface area contributed by atoms with E-state index in [1.165, 1.54) is 7.11 Å². The van der Waals surface area contributed by atoms with Gasteiger partial charge in [-0.1, -0.05) is 0 Å². The average Bonchev–Trinajstić information content (AvgIpc) is 2.72. The standard InChI is InChI=1S/C10H11N3O3/c1-16-10(15)8(14)4-7-5-12-9-6-11-2-3-13(7)9/h2-3,5-6,8,14H,4H2,1H3. The van der Waals surface area contributed by atoms with Gasteiger partial charge < -0.3 is 14.2 Å². The molecule has 1 unspecified atom stereocenters. The van der Waals surface area contributed by atoms with Gasteiger partial charge in [-0.3, -0.25) is 4.98 Å². The molecule has 6 nitrogen and oxygen atoms in total. The molecule has 84 valence electrons. The molecule has 0 aliphatic carbocycles. The number of hydrogen-bond donors (Lipinski definition) is 1. The van der Waals surface area contributed by atoms with Crippen LogP contribution in [0.2, 0.25) is 0 Å². The molecule has 1 atom stereocenters. The lowest BCUT2D eigenvalue weighted by molar-refractivity contribution is -0.150. The van der Waals surface area contributed by atoms with Gasteiger partial charge in [-0.25, -0.2) is 9.78 Å². The zero-order valence-corrected chi connectivity index (χ0v) is 8.70. The van der Waals surface area contributed by atoms with Gasteiger partial charge in [-0.2, -0.15) is 0 Å². The third kappa shape index (κ3) is 1.87. The van der Waals surface area contributed by atoms with E-state index < -0.39 is 12.1 Å². The van der Waals surface area contributed by atoms with Crippen molar-refractivity contribution in [1.29, 1.82) is 0 Å². The largest absolute Gasteiger partial charge is 0.467 e. The molecule has 16 heavy (non-hydrogen) atoms. The van der Waals surface area contributed by atoms with Crippen LogP contribution >= 0.6 is 0 Å². The number of aromatic nitrogens is 3. The molecule has 0 aliphatic rings. The molecule has 0 radical (unpaired) electrons. The smallest absolute Gasteiger partial charge is 0.335 e. The van der Waals surface area contributed by atoms with Gasteiger partial charge in [-0.05, 0) is 0 Å². The van der Waals surface area contributed by atoms with E-state index in [2.05, 4.69) is 14.7 Å². The van der Waals surface area contributed by atoms with Crippen LogP contribution in [0.25, 0.3) is 5.65 Å². The number of methoxy groups -OCH3 is 1. The number of imidazole rings is 1. The summed E-state index contributed by atoms with van der Waals surface area (Å²) in [6.45, 7) is 0. The Bertz CT molecular complexity index is 509. The number of nitrogens with zero attached hydrogens (tertiary/aromatic N) is 3. The third-order valence-corrected chi connectivity index (χ3v) is 2.27. The van der Waals surface area contributed by atoms with Crippen molar-refractivity contribution in [3.05, 3.63) is 30.5 Å². The first kappa shape index (κ1) is 10.6. The quantitative estimate of drug-likeness (QED) is 0.727. The molecule has 0 aliphatic heterocycles. The van der Waals surface area contributed by atoms with Crippen molar-refractivity contribution in [3.8, 4) is 0 Å². The van der Waals surface area contributed by atoms with Crippen LogP contribution < -0.4 is 0 Å². The summed E-state index contributed by atoms with van der Waals surface area (Å²) >= 11 is 0. The molecule has 2 heterocycles. The van der Waals surface area contributed by atoms with E-state index in [0.29, 0.717) is 5.65 Å². The maximum Gasteiger partial charge on any atom is 0.335 e. The first-order chi connectivity index (χ1) is 7.72. The second-order valence-corrected chi connectivity index (χ2v) is 3.30. The van der Waals surface area contributed by atoms with Gasteiger partial charge in [-0.15, -0.1) is 0 Å². The number of aliphatic hydroxyl groups excluding tert-OH is 1. The highest BCUT2D eigenvalue weighted by Crippen LogP contribution is 2.07. The van der Waals surface area contributed by atoms with E-state index in [0.717, 1.165) is 5.69 Å². The van der Waals surface area contributed by atoms with Crippen LogP contribution in [0, 0.1) is 0 Å². The maximum atomic E-state index is 11.1. The van der Waals surface area contributed by atoms with Gasteiger partial charge in [0.2, 0.25) is 0 Å². The summed E-state index contributed by atoms with van der Waals surface area (Å²) in [5.74, 6) is -0.649. The monoisotopic (exact) mass is 221 g/mol. The van der Waals surface area contributed by atoms with Crippen LogP contribution in [0.5, 0.6) is 0 Å². The Morgan fingerprint density at radius 1 is 1.62 bits per heavy atom. The Morgan fingerprint density at radius 2 is 2.44 bits per heavy atom. The maximum absolute atomic E-state index is 11.1. The fourth-order valence-electron chi connectivity index (χ4n) is 1.46. The fourth-order valence-corrected chi connectivity index (χ4v) is 1.46. The molecule has 0 aromatic carbocycles. The minimum atomic E-state index is -1.17. The number of ether oxygens (including phenoxy) is 1. The Morgan fingerprint density at radius 3 is 3.19 bits per heavy atom. The van der Waals surface area contributed by atoms with E-state index in [4.69, 9.17) is 0 Å². The number of fused-ring (bicyclic) bond motifs is 1. The minimum Gasteiger partial charge on any atom is -0.467 e. The highest BCUT2D eigenvalue weighted by Gasteiger charge is 2.17. The molecule has 1 N–H and O–H groups in total. The Balaban J connectivity index is 2.24. The van der Waals surface area contributed by atoms with Crippen LogP contribution in [0.3, 0.4) is 0 Å². The predicted octanol–water partition coefficient (Wildman–Crippen LogP) is -0.194. The first-order valence-corrected chi connectivity index (χ1v) is 4.74. The number of hydrogen-bond acceptors (Lipinski definition) is 5. The summed E-state index contributed by atoms with van der Waals surface area (Å²) in [6, 6.07) is 0. The van der Waals surface area contributed by atoms with Gasteiger partial charge >= 0.3 is 5.97 Å². The van der Waals surface area contributed by atoms with E-state index in [9.17, 15) is 9.90 Å². The predicted molar refractivity (Wildman–Crippen MR) is 54.7 cm³/mol. The lowest BCUT2D eigenvalue weighted by Crippen LogP contribution is -2.24. The zero-order chi connectivity index (χ0) is 11.5. The van der Waals surface area contributed by atoms with E-state index in [-0.39, 0.29) is 6.42 Å². The summed E-state index contributed by atoms with van der Waals surface area (Å²) < 4.78 is 6.20. The molecule has 0 bridgehead atoms. The van der Waals surface area contributed by atoms with Gasteiger partial charge in [0, 0.05) is 30.7 Å². The molecule has 2 aromatic heterocycles. The molecule has 0 saturated carbocycles. The topological polar surface area (TPSA) is 76.7 Å². The third-order valence-electron chi connectivity index (χ3n) is 2.27. The van der Waals surface area contributed by atoms with Crippen molar-refractivity contribution < 1.29 is 14.6 Å². The lowest BCUT2D eigenvalue weighted by atomic mass is 10.2. The Labute approximate surface area is 91.5 Å². The molecule has 0 saturated heterocycles. The van der Waals surface area contributed by atoms with E-state index in [1.54, 1.807) is 29.2 Å². The highest BCUT2D eigenvalue weighted by atomic mass is 16.5. The van der Waals surface area contributed by atoms with Crippen molar-refractivity contribution >= 4 is 11.6 Å². The summed E-state index contributed by atoms with van der Waals surface area (Å²) in [5, 5.41) is 9.52. The number of carbonyl (C=O) groups is 1. The summed E-state index contributed by atoms with van der Waals surface area (Å²) in [6.07, 6.45) is 5.54. The normalized spacial score (nSPS) is 12.6. The zero-order valence-electron chi connectivity index (χ0n) is 8.70. The highest BCUT2D eigenvalue weighted by molar-refractivity contribution is 5.74. The van der Waals surface area contributed by atoms with Crippen molar-refractivity contribution in [3.63, 3.8) is 0 Å². The molecular weight excluding hydrogens is 210 g/mol. The second kappa shape index (κ2) is 4.28. The average molecular weight is 221 g/mol. The van der Waals surface area contributed by atoms with E-state index >= 15 is 0 Å². The van der Waals surface area contributed by atoms with Gasteiger partial charge in [0.15, 0.2) is 11.8 Å². The molecule has 0 amide bonds. The van der Waals surface area contributed by atoms with Crippen molar-refractivity contribution in [2.24, 2.45) is 0 Å². The molecule has 6 heteroatoms. The van der Waals surface area contributed by atoms with Gasteiger partial charge in [0.1, 0.15) is 0 Å². The summed E-state index contributed by atoms with van der Waals surface area (Å²) in [7, 11) is 1.24. The van der Waals surface area contributed by atoms with Gasteiger partial charge in [0.25, 0.3) is 0 Å². The fraction of sp³-hybridized carbons (Fsp3) is 0.300. The van der Waals surface area contributed by atoms with Crippen LogP contribution in [0.4, 0.5) is 0 Å². The molecule has 0 spiro atoms. The SMILES string of the molecule is COC(=O)C(O)Cc1cnc2cnccn12. The Hall–Kier alpha value is -1.95. The number of rotatable bonds is 3.